The average molecular weight is 360 g/mol. The van der Waals surface area contributed by atoms with Gasteiger partial charge in [0.05, 0.1) is 4.47 Å². The van der Waals surface area contributed by atoms with Crippen LogP contribution in [-0.4, -0.2) is 10.2 Å². The molecule has 0 heterocycles. The van der Waals surface area contributed by atoms with E-state index in [1.54, 1.807) is 6.07 Å². The van der Waals surface area contributed by atoms with Crippen LogP contribution in [0.1, 0.15) is 0 Å². The predicted octanol–water partition coefficient (Wildman–Crippen LogP) is 4.42. The summed E-state index contributed by atoms with van der Waals surface area (Å²) in [6, 6.07) is 9.54. The van der Waals surface area contributed by atoms with Crippen molar-refractivity contribution in [2.45, 2.75) is 0 Å². The van der Waals surface area contributed by atoms with Gasteiger partial charge in [0.2, 0.25) is 0 Å². The summed E-state index contributed by atoms with van der Waals surface area (Å²) in [5.41, 5.74) is 0. The van der Waals surface area contributed by atoms with E-state index >= 15 is 0 Å². The Hall–Kier alpha value is -1.20. The number of rotatable bonds is 2. The Kier molecular flexibility index (Phi) is 3.59. The quantitative estimate of drug-likeness (QED) is 0.834. The zero-order valence-corrected chi connectivity index (χ0v) is 11.7. The lowest BCUT2D eigenvalue weighted by Crippen LogP contribution is -1.85. The molecule has 0 fully saturated rings. The monoisotopic (exact) mass is 358 g/mol. The molecule has 0 aliphatic heterocycles. The molecule has 2 aromatic rings. The number of ether oxygens (including phenoxy) is 1. The molecule has 0 saturated heterocycles. The Bertz CT molecular complexity index is 535. The fourth-order valence-corrected chi connectivity index (χ4v) is 2.44. The van der Waals surface area contributed by atoms with Crippen LogP contribution in [0.3, 0.4) is 0 Å². The molecule has 88 valence electrons. The SMILES string of the molecule is Oc1cc(O)cc(Oc2ccc(Br)cc2Br)c1. The smallest absolute Gasteiger partial charge is 0.141 e. The highest BCUT2D eigenvalue weighted by Crippen LogP contribution is 2.34. The number of phenols is 2. The van der Waals surface area contributed by atoms with E-state index in [-0.39, 0.29) is 11.5 Å². The summed E-state index contributed by atoms with van der Waals surface area (Å²) in [5, 5.41) is 18.7. The summed E-state index contributed by atoms with van der Waals surface area (Å²) in [5.74, 6) is 0.866. The van der Waals surface area contributed by atoms with Gasteiger partial charge in [0.15, 0.2) is 0 Å². The van der Waals surface area contributed by atoms with Gasteiger partial charge >= 0.3 is 0 Å². The highest BCUT2D eigenvalue weighted by molar-refractivity contribution is 9.11. The van der Waals surface area contributed by atoms with Gasteiger partial charge in [-0.15, -0.1) is 0 Å². The first kappa shape index (κ1) is 12.3. The lowest BCUT2D eigenvalue weighted by molar-refractivity contribution is 0.431. The van der Waals surface area contributed by atoms with Crippen molar-refractivity contribution < 1.29 is 14.9 Å². The van der Waals surface area contributed by atoms with Crippen molar-refractivity contribution in [1.29, 1.82) is 0 Å². The van der Waals surface area contributed by atoms with Gasteiger partial charge in [-0.1, -0.05) is 15.9 Å². The lowest BCUT2D eigenvalue weighted by Gasteiger charge is -2.08. The van der Waals surface area contributed by atoms with Crippen LogP contribution in [0.2, 0.25) is 0 Å². The normalized spacial score (nSPS) is 10.2. The molecule has 0 bridgehead atoms. The molecule has 0 aromatic heterocycles. The fourth-order valence-electron chi connectivity index (χ4n) is 1.31. The van der Waals surface area contributed by atoms with Gasteiger partial charge in [0.1, 0.15) is 23.0 Å². The van der Waals surface area contributed by atoms with E-state index in [0.29, 0.717) is 11.5 Å². The average Bonchev–Trinajstić information content (AvgIpc) is 2.21. The standard InChI is InChI=1S/C12H8Br2O3/c13-7-1-2-12(11(14)3-7)17-10-5-8(15)4-9(16)6-10/h1-6,15-16H. The van der Waals surface area contributed by atoms with E-state index in [1.807, 2.05) is 12.1 Å². The molecule has 0 unspecified atom stereocenters. The molecule has 0 radical (unpaired) electrons. The summed E-state index contributed by atoms with van der Waals surface area (Å²) in [4.78, 5) is 0. The van der Waals surface area contributed by atoms with Crippen molar-refractivity contribution in [2.75, 3.05) is 0 Å². The minimum atomic E-state index is -0.0479. The van der Waals surface area contributed by atoms with Gasteiger partial charge in [-0.05, 0) is 34.1 Å². The van der Waals surface area contributed by atoms with Gasteiger partial charge in [-0.25, -0.2) is 0 Å². The second kappa shape index (κ2) is 4.98. The van der Waals surface area contributed by atoms with Crippen LogP contribution < -0.4 is 4.74 Å². The molecule has 0 aliphatic carbocycles. The first-order valence-electron chi connectivity index (χ1n) is 4.70. The van der Waals surface area contributed by atoms with Crippen LogP contribution in [0.5, 0.6) is 23.0 Å². The highest BCUT2D eigenvalue weighted by atomic mass is 79.9. The van der Waals surface area contributed by atoms with Gasteiger partial charge < -0.3 is 14.9 Å². The number of phenolic OH excluding ortho intramolecular Hbond substituents is 2. The second-order valence-corrected chi connectivity index (χ2v) is 5.13. The third kappa shape index (κ3) is 3.14. The van der Waals surface area contributed by atoms with E-state index in [2.05, 4.69) is 31.9 Å². The largest absolute Gasteiger partial charge is 0.508 e. The van der Waals surface area contributed by atoms with Gasteiger partial charge in [-0.2, -0.15) is 0 Å². The summed E-state index contributed by atoms with van der Waals surface area (Å²) in [6.45, 7) is 0. The third-order valence-corrected chi connectivity index (χ3v) is 3.11. The van der Waals surface area contributed by atoms with E-state index in [4.69, 9.17) is 4.74 Å². The first-order chi connectivity index (χ1) is 8.04. The number of hydrogen-bond donors (Lipinski definition) is 2. The maximum Gasteiger partial charge on any atom is 0.141 e. The fraction of sp³-hybridized carbons (Fsp3) is 0. The second-order valence-electron chi connectivity index (χ2n) is 3.36. The zero-order valence-electron chi connectivity index (χ0n) is 8.52. The number of aromatic hydroxyl groups is 2. The molecule has 0 spiro atoms. The van der Waals surface area contributed by atoms with Crippen LogP contribution >= 0.6 is 31.9 Å². The highest BCUT2D eigenvalue weighted by Gasteiger charge is 2.05. The molecule has 0 atom stereocenters. The molecule has 0 saturated carbocycles. The van der Waals surface area contributed by atoms with E-state index in [1.165, 1.54) is 18.2 Å². The molecule has 0 aliphatic rings. The number of hydrogen-bond acceptors (Lipinski definition) is 3. The van der Waals surface area contributed by atoms with Gasteiger partial charge in [-0.3, -0.25) is 0 Å². The lowest BCUT2D eigenvalue weighted by atomic mass is 10.3. The third-order valence-electron chi connectivity index (χ3n) is 2.00. The van der Waals surface area contributed by atoms with Crippen molar-refractivity contribution in [3.63, 3.8) is 0 Å². The Morgan fingerprint density at radius 2 is 1.53 bits per heavy atom. The topological polar surface area (TPSA) is 49.7 Å². The van der Waals surface area contributed by atoms with E-state index in [0.717, 1.165) is 8.95 Å². The maximum atomic E-state index is 9.33. The maximum absolute atomic E-state index is 9.33. The van der Waals surface area contributed by atoms with Gasteiger partial charge in [0.25, 0.3) is 0 Å². The predicted molar refractivity (Wildman–Crippen MR) is 71.7 cm³/mol. The molecule has 17 heavy (non-hydrogen) atoms. The zero-order chi connectivity index (χ0) is 12.4. The Labute approximate surface area is 115 Å². The summed E-state index contributed by atoms with van der Waals surface area (Å²) < 4.78 is 7.24. The van der Waals surface area contributed by atoms with Crippen LogP contribution in [0.15, 0.2) is 45.3 Å². The Morgan fingerprint density at radius 3 is 2.12 bits per heavy atom. The van der Waals surface area contributed by atoms with Crippen molar-refractivity contribution in [3.05, 3.63) is 45.3 Å². The van der Waals surface area contributed by atoms with Crippen LogP contribution in [0, 0.1) is 0 Å². The minimum absolute atomic E-state index is 0.0479. The van der Waals surface area contributed by atoms with E-state index in [9.17, 15) is 10.2 Å². The molecule has 2 N–H and O–H groups in total. The van der Waals surface area contributed by atoms with Crippen molar-refractivity contribution >= 4 is 31.9 Å². The molecule has 5 heteroatoms. The van der Waals surface area contributed by atoms with Crippen LogP contribution in [-0.2, 0) is 0 Å². The molecule has 2 rings (SSSR count). The summed E-state index contributed by atoms with van der Waals surface area (Å²) in [7, 11) is 0. The molecule has 3 nitrogen and oxygen atoms in total. The molecular formula is C12H8Br2O3. The van der Waals surface area contributed by atoms with Crippen molar-refractivity contribution in [2.24, 2.45) is 0 Å². The summed E-state index contributed by atoms with van der Waals surface area (Å²) >= 11 is 6.70. The van der Waals surface area contributed by atoms with Gasteiger partial charge in [0, 0.05) is 22.7 Å². The van der Waals surface area contributed by atoms with Crippen LogP contribution in [0.25, 0.3) is 0 Å². The Balaban J connectivity index is 2.31. The minimum Gasteiger partial charge on any atom is -0.508 e. The Morgan fingerprint density at radius 1 is 0.882 bits per heavy atom. The van der Waals surface area contributed by atoms with E-state index < -0.39 is 0 Å². The van der Waals surface area contributed by atoms with Crippen molar-refractivity contribution in [3.8, 4) is 23.0 Å². The van der Waals surface area contributed by atoms with Crippen LogP contribution in [0.4, 0.5) is 0 Å². The molecule has 0 amide bonds. The first-order valence-corrected chi connectivity index (χ1v) is 6.29. The molecular weight excluding hydrogens is 352 g/mol. The molecule has 2 aromatic carbocycles. The number of benzene rings is 2. The number of halogens is 2. The summed E-state index contributed by atoms with van der Waals surface area (Å²) in [6.07, 6.45) is 0. The van der Waals surface area contributed by atoms with Crippen molar-refractivity contribution in [1.82, 2.24) is 0 Å².